The summed E-state index contributed by atoms with van der Waals surface area (Å²) in [6.45, 7) is 5.63. The molecule has 0 radical (unpaired) electrons. The Morgan fingerprint density at radius 3 is 2.62 bits per heavy atom. The summed E-state index contributed by atoms with van der Waals surface area (Å²) >= 11 is 0. The minimum atomic E-state index is -1.71. The van der Waals surface area contributed by atoms with Crippen LogP contribution in [0.2, 0.25) is 13.1 Å². The van der Waals surface area contributed by atoms with Crippen molar-refractivity contribution in [1.82, 2.24) is 9.88 Å². The van der Waals surface area contributed by atoms with Gasteiger partial charge < -0.3 is 4.90 Å². The number of carbonyl (C=O) groups is 1. The van der Waals surface area contributed by atoms with Gasteiger partial charge in [0.2, 0.25) is 5.91 Å². The van der Waals surface area contributed by atoms with Crippen LogP contribution in [0.3, 0.4) is 0 Å². The number of carbonyl (C=O) groups excluding carboxylic acids is 1. The zero-order valence-corrected chi connectivity index (χ0v) is 13.3. The number of likely N-dealkylation sites (tertiary alicyclic amines) is 1. The third kappa shape index (κ3) is 1.65. The molecule has 1 fully saturated rings. The van der Waals surface area contributed by atoms with Crippen LogP contribution in [0.1, 0.15) is 23.6 Å². The molecule has 1 saturated heterocycles. The Hall–Kier alpha value is -1.94. The van der Waals surface area contributed by atoms with Gasteiger partial charge in [-0.1, -0.05) is 37.4 Å². The standard InChI is InChI=1S/C17H18N2OSi/c1-21(2)14-6-4-3-5-12(14)17(19-10-8-16(19)20)13-11-18-9-7-15(13)21/h3-7,9,11,17H,8,10H2,1-2H3. The van der Waals surface area contributed by atoms with Crippen LogP contribution in [0.4, 0.5) is 0 Å². The Kier molecular flexibility index (Phi) is 2.60. The summed E-state index contributed by atoms with van der Waals surface area (Å²) in [4.78, 5) is 18.4. The second-order valence-electron chi connectivity index (χ2n) is 6.41. The predicted molar refractivity (Wildman–Crippen MR) is 85.6 cm³/mol. The van der Waals surface area contributed by atoms with Crippen LogP contribution < -0.4 is 10.4 Å². The number of hydrogen-bond donors (Lipinski definition) is 0. The van der Waals surface area contributed by atoms with Gasteiger partial charge in [0.15, 0.2) is 0 Å². The lowest BCUT2D eigenvalue weighted by Gasteiger charge is -2.45. The summed E-state index contributed by atoms with van der Waals surface area (Å²) in [6, 6.07) is 10.9. The molecule has 0 aliphatic carbocycles. The average Bonchev–Trinajstić information content (AvgIpc) is 2.50. The molecule has 1 aromatic heterocycles. The van der Waals surface area contributed by atoms with Gasteiger partial charge in [0, 0.05) is 25.4 Å². The number of β-lactam (4-membered cyclic amide) rings is 1. The third-order valence-corrected chi connectivity index (χ3v) is 8.55. The highest BCUT2D eigenvalue weighted by Crippen LogP contribution is 2.35. The lowest BCUT2D eigenvalue weighted by atomic mass is 9.94. The number of rotatable bonds is 1. The molecule has 0 N–H and O–H groups in total. The van der Waals surface area contributed by atoms with Crippen molar-refractivity contribution in [3.63, 3.8) is 0 Å². The lowest BCUT2D eigenvalue weighted by Crippen LogP contribution is -2.62. The number of benzene rings is 1. The van der Waals surface area contributed by atoms with Gasteiger partial charge in [-0.2, -0.15) is 0 Å². The Balaban J connectivity index is 1.99. The first kappa shape index (κ1) is 12.8. The third-order valence-electron chi connectivity index (χ3n) is 4.95. The van der Waals surface area contributed by atoms with E-state index in [0.29, 0.717) is 6.42 Å². The van der Waals surface area contributed by atoms with Crippen molar-refractivity contribution in [1.29, 1.82) is 0 Å². The van der Waals surface area contributed by atoms with Gasteiger partial charge in [0.25, 0.3) is 0 Å². The van der Waals surface area contributed by atoms with Crippen molar-refractivity contribution in [2.45, 2.75) is 25.6 Å². The van der Waals surface area contributed by atoms with Crippen molar-refractivity contribution < 1.29 is 4.79 Å². The van der Waals surface area contributed by atoms with E-state index in [4.69, 9.17) is 0 Å². The van der Waals surface area contributed by atoms with Crippen LogP contribution in [0.15, 0.2) is 42.7 Å². The Morgan fingerprint density at radius 2 is 1.90 bits per heavy atom. The smallest absolute Gasteiger partial charge is 0.225 e. The summed E-state index contributed by atoms with van der Waals surface area (Å²) < 4.78 is 0. The number of pyridine rings is 1. The highest BCUT2D eigenvalue weighted by molar-refractivity contribution is 7.01. The number of aromatic nitrogens is 1. The summed E-state index contributed by atoms with van der Waals surface area (Å²) in [5.74, 6) is 0.256. The van der Waals surface area contributed by atoms with E-state index in [2.05, 4.69) is 48.4 Å². The van der Waals surface area contributed by atoms with Crippen molar-refractivity contribution in [2.75, 3.05) is 6.54 Å². The zero-order valence-electron chi connectivity index (χ0n) is 12.3. The van der Waals surface area contributed by atoms with Crippen molar-refractivity contribution in [3.8, 4) is 0 Å². The molecule has 3 heterocycles. The van der Waals surface area contributed by atoms with Gasteiger partial charge in [0.1, 0.15) is 8.07 Å². The second kappa shape index (κ2) is 4.27. The molecule has 1 unspecified atom stereocenters. The van der Waals surface area contributed by atoms with Crippen molar-refractivity contribution in [2.24, 2.45) is 0 Å². The van der Waals surface area contributed by atoms with Crippen molar-refractivity contribution in [3.05, 3.63) is 53.9 Å². The molecule has 21 heavy (non-hydrogen) atoms. The van der Waals surface area contributed by atoms with E-state index in [1.165, 1.54) is 21.5 Å². The highest BCUT2D eigenvalue weighted by atomic mass is 28.3. The van der Waals surface area contributed by atoms with E-state index in [0.717, 1.165) is 6.54 Å². The molecular formula is C17H18N2OSi. The number of nitrogens with zero attached hydrogens (tertiary/aromatic N) is 2. The molecule has 1 amide bonds. The first-order valence-corrected chi connectivity index (χ1v) is 10.4. The van der Waals surface area contributed by atoms with E-state index in [1.54, 1.807) is 0 Å². The van der Waals surface area contributed by atoms with E-state index in [-0.39, 0.29) is 11.9 Å². The number of fused-ring (bicyclic) bond motifs is 2. The number of amides is 1. The van der Waals surface area contributed by atoms with Gasteiger partial charge in [-0.25, -0.2) is 0 Å². The second-order valence-corrected chi connectivity index (χ2v) is 10.7. The van der Waals surface area contributed by atoms with Crippen molar-refractivity contribution >= 4 is 24.4 Å². The van der Waals surface area contributed by atoms with Crippen LogP contribution in [0.5, 0.6) is 0 Å². The van der Waals surface area contributed by atoms with E-state index in [9.17, 15) is 4.79 Å². The Bertz CT molecular complexity index is 692. The van der Waals surface area contributed by atoms with Gasteiger partial charge in [-0.05, 0) is 27.6 Å². The SMILES string of the molecule is C[Si]1(C)c2ccccc2C(N2CCC2=O)c2cnccc21. The van der Waals surface area contributed by atoms with E-state index >= 15 is 0 Å². The fourth-order valence-corrected chi connectivity index (χ4v) is 6.91. The van der Waals surface area contributed by atoms with Crippen LogP contribution in [0.25, 0.3) is 0 Å². The maximum Gasteiger partial charge on any atom is 0.225 e. The minimum absolute atomic E-state index is 0.0617. The Labute approximate surface area is 125 Å². The normalized spacial score (nSPS) is 22.3. The molecule has 0 saturated carbocycles. The predicted octanol–water partition coefficient (Wildman–Crippen LogP) is 1.54. The molecule has 1 atom stereocenters. The summed E-state index contributed by atoms with van der Waals surface area (Å²) in [6.07, 6.45) is 4.53. The largest absolute Gasteiger partial charge is 0.331 e. The molecule has 1 aromatic carbocycles. The van der Waals surface area contributed by atoms with Crippen LogP contribution in [-0.4, -0.2) is 30.4 Å². The van der Waals surface area contributed by atoms with Crippen LogP contribution >= 0.6 is 0 Å². The summed E-state index contributed by atoms with van der Waals surface area (Å²) in [7, 11) is -1.71. The molecule has 4 heteroatoms. The maximum atomic E-state index is 12.0. The summed E-state index contributed by atoms with van der Waals surface area (Å²) in [5.41, 5.74) is 2.55. The quantitative estimate of drug-likeness (QED) is 0.590. The maximum absolute atomic E-state index is 12.0. The zero-order chi connectivity index (χ0) is 14.6. The van der Waals surface area contributed by atoms with Gasteiger partial charge in [-0.3, -0.25) is 9.78 Å². The molecular weight excluding hydrogens is 276 g/mol. The molecule has 2 aliphatic rings. The Morgan fingerprint density at radius 1 is 1.14 bits per heavy atom. The molecule has 2 aromatic rings. The van der Waals surface area contributed by atoms with Gasteiger partial charge in [-0.15, -0.1) is 0 Å². The van der Waals surface area contributed by atoms with E-state index in [1.807, 2.05) is 17.3 Å². The fourth-order valence-electron chi connectivity index (χ4n) is 3.75. The summed E-state index contributed by atoms with van der Waals surface area (Å²) in [5, 5.41) is 2.87. The van der Waals surface area contributed by atoms with Crippen LogP contribution in [-0.2, 0) is 4.79 Å². The molecule has 106 valence electrons. The first-order valence-electron chi connectivity index (χ1n) is 7.44. The highest BCUT2D eigenvalue weighted by Gasteiger charge is 2.43. The van der Waals surface area contributed by atoms with Gasteiger partial charge in [0.05, 0.1) is 6.04 Å². The molecule has 0 bridgehead atoms. The first-order chi connectivity index (χ1) is 10.1. The lowest BCUT2D eigenvalue weighted by molar-refractivity contribution is -0.142. The molecule has 0 spiro atoms. The fraction of sp³-hybridized carbons (Fsp3) is 0.294. The molecule has 2 aliphatic heterocycles. The number of hydrogen-bond acceptors (Lipinski definition) is 2. The average molecular weight is 294 g/mol. The topological polar surface area (TPSA) is 33.2 Å². The van der Waals surface area contributed by atoms with Gasteiger partial charge >= 0.3 is 0 Å². The molecule has 4 rings (SSSR count). The minimum Gasteiger partial charge on any atom is -0.331 e. The monoisotopic (exact) mass is 294 g/mol. The molecule has 3 nitrogen and oxygen atoms in total. The van der Waals surface area contributed by atoms with E-state index < -0.39 is 8.07 Å². The van der Waals surface area contributed by atoms with Crippen LogP contribution in [0, 0.1) is 0 Å².